The summed E-state index contributed by atoms with van der Waals surface area (Å²) in [7, 11) is 0. The van der Waals surface area contributed by atoms with Crippen LogP contribution in [0.15, 0.2) is 29.5 Å². The number of hydrogen-bond acceptors (Lipinski definition) is 3. The Hall–Kier alpha value is -1.16. The standard InChI is InChI=1S/C8H6BrNO2/c1-6(12-5-11)7-2-8(9)4-10-3-7/h2-5H,1H2. The van der Waals surface area contributed by atoms with Gasteiger partial charge >= 0.3 is 0 Å². The second kappa shape index (κ2) is 4.01. The van der Waals surface area contributed by atoms with Crippen molar-refractivity contribution in [1.82, 2.24) is 4.98 Å². The van der Waals surface area contributed by atoms with Gasteiger partial charge in [-0.2, -0.15) is 0 Å². The predicted octanol–water partition coefficient (Wildman–Crippen LogP) is 1.99. The minimum absolute atomic E-state index is 0.291. The summed E-state index contributed by atoms with van der Waals surface area (Å²) >= 11 is 3.23. The molecule has 0 unspecified atom stereocenters. The summed E-state index contributed by atoms with van der Waals surface area (Å²) in [6.07, 6.45) is 3.20. The molecule has 0 aliphatic rings. The Morgan fingerprint density at radius 2 is 2.42 bits per heavy atom. The molecule has 1 heterocycles. The number of pyridine rings is 1. The fourth-order valence-corrected chi connectivity index (χ4v) is 1.06. The van der Waals surface area contributed by atoms with Gasteiger partial charge in [0.05, 0.1) is 0 Å². The van der Waals surface area contributed by atoms with Gasteiger partial charge in [-0.05, 0) is 22.0 Å². The van der Waals surface area contributed by atoms with Crippen molar-refractivity contribution < 1.29 is 9.53 Å². The summed E-state index contributed by atoms with van der Waals surface area (Å²) in [5, 5.41) is 0. The van der Waals surface area contributed by atoms with Crippen molar-refractivity contribution >= 4 is 28.2 Å². The lowest BCUT2D eigenvalue weighted by atomic mass is 10.2. The average molecular weight is 228 g/mol. The Labute approximate surface area is 78.2 Å². The topological polar surface area (TPSA) is 39.2 Å². The molecule has 0 saturated carbocycles. The molecule has 0 spiro atoms. The molecule has 0 fully saturated rings. The number of ether oxygens (including phenoxy) is 1. The van der Waals surface area contributed by atoms with Crippen LogP contribution in [0, 0.1) is 0 Å². The number of halogens is 1. The second-order valence-electron chi connectivity index (χ2n) is 2.03. The van der Waals surface area contributed by atoms with Crippen molar-refractivity contribution in [1.29, 1.82) is 0 Å². The maximum Gasteiger partial charge on any atom is 0.298 e. The molecule has 0 aromatic carbocycles. The van der Waals surface area contributed by atoms with Gasteiger partial charge in [0.25, 0.3) is 6.47 Å². The summed E-state index contributed by atoms with van der Waals surface area (Å²) in [6, 6.07) is 1.76. The molecule has 12 heavy (non-hydrogen) atoms. The first-order chi connectivity index (χ1) is 5.74. The molecule has 0 saturated heterocycles. The predicted molar refractivity (Wildman–Crippen MR) is 48.1 cm³/mol. The number of nitrogens with zero attached hydrogens (tertiary/aromatic N) is 1. The fraction of sp³-hybridized carbons (Fsp3) is 0. The van der Waals surface area contributed by atoms with Crippen molar-refractivity contribution in [2.24, 2.45) is 0 Å². The molecule has 0 amide bonds. The minimum atomic E-state index is 0.291. The van der Waals surface area contributed by atoms with E-state index in [2.05, 4.69) is 32.2 Å². The minimum Gasteiger partial charge on any atom is -0.429 e. The van der Waals surface area contributed by atoms with Gasteiger partial charge in [0, 0.05) is 22.4 Å². The van der Waals surface area contributed by atoms with E-state index in [1.165, 1.54) is 0 Å². The lowest BCUT2D eigenvalue weighted by Crippen LogP contribution is -1.88. The van der Waals surface area contributed by atoms with Crippen molar-refractivity contribution in [3.63, 3.8) is 0 Å². The van der Waals surface area contributed by atoms with Crippen LogP contribution in [0.5, 0.6) is 0 Å². The van der Waals surface area contributed by atoms with Gasteiger partial charge in [0.2, 0.25) is 0 Å². The molecule has 62 valence electrons. The summed E-state index contributed by atoms with van der Waals surface area (Å²) in [6.45, 7) is 3.88. The molecule has 0 bridgehead atoms. The molecular formula is C8H6BrNO2. The van der Waals surface area contributed by atoms with E-state index in [0.717, 1.165) is 4.47 Å². The van der Waals surface area contributed by atoms with Gasteiger partial charge in [0.1, 0.15) is 5.76 Å². The third kappa shape index (κ3) is 2.17. The zero-order chi connectivity index (χ0) is 8.97. The quantitative estimate of drug-likeness (QED) is 0.586. The van der Waals surface area contributed by atoms with Gasteiger partial charge in [-0.3, -0.25) is 9.78 Å². The molecule has 1 aromatic heterocycles. The fourth-order valence-electron chi connectivity index (χ4n) is 0.690. The summed E-state index contributed by atoms with van der Waals surface area (Å²) < 4.78 is 5.36. The molecule has 1 aromatic rings. The maximum atomic E-state index is 9.96. The summed E-state index contributed by atoms with van der Waals surface area (Å²) in [5.74, 6) is 0.291. The van der Waals surface area contributed by atoms with Crippen LogP contribution in [-0.2, 0) is 9.53 Å². The lowest BCUT2D eigenvalue weighted by molar-refractivity contribution is -0.122. The Kier molecular flexibility index (Phi) is 2.99. The van der Waals surface area contributed by atoms with E-state index in [1.807, 2.05) is 0 Å². The monoisotopic (exact) mass is 227 g/mol. The van der Waals surface area contributed by atoms with Gasteiger partial charge in [-0.15, -0.1) is 0 Å². The number of carbonyl (C=O) groups excluding carboxylic acids is 1. The molecule has 1 rings (SSSR count). The van der Waals surface area contributed by atoms with E-state index >= 15 is 0 Å². The Bertz CT molecular complexity index is 312. The van der Waals surface area contributed by atoms with Crippen LogP contribution >= 0.6 is 15.9 Å². The van der Waals surface area contributed by atoms with Crippen molar-refractivity contribution in [3.05, 3.63) is 35.1 Å². The third-order valence-corrected chi connectivity index (χ3v) is 1.65. The molecule has 3 nitrogen and oxygen atoms in total. The number of hydrogen-bond donors (Lipinski definition) is 0. The van der Waals surface area contributed by atoms with Crippen molar-refractivity contribution in [2.45, 2.75) is 0 Å². The molecule has 0 atom stereocenters. The molecule has 0 aliphatic heterocycles. The van der Waals surface area contributed by atoms with Crippen LogP contribution in [0.3, 0.4) is 0 Å². The highest BCUT2D eigenvalue weighted by atomic mass is 79.9. The molecule has 0 aliphatic carbocycles. The highest BCUT2D eigenvalue weighted by Gasteiger charge is 1.99. The first-order valence-corrected chi connectivity index (χ1v) is 3.93. The van der Waals surface area contributed by atoms with Gasteiger partial charge < -0.3 is 4.74 Å². The van der Waals surface area contributed by atoms with Crippen LogP contribution in [0.25, 0.3) is 5.76 Å². The average Bonchev–Trinajstić information content (AvgIpc) is 2.05. The van der Waals surface area contributed by atoms with E-state index in [4.69, 9.17) is 0 Å². The number of rotatable bonds is 3. The Morgan fingerprint density at radius 3 is 3.00 bits per heavy atom. The highest BCUT2D eigenvalue weighted by Crippen LogP contribution is 2.16. The molecular weight excluding hydrogens is 222 g/mol. The van der Waals surface area contributed by atoms with Crippen LogP contribution in [0.1, 0.15) is 5.56 Å². The van der Waals surface area contributed by atoms with Crippen LogP contribution in [0.2, 0.25) is 0 Å². The van der Waals surface area contributed by atoms with Crippen LogP contribution < -0.4 is 0 Å². The van der Waals surface area contributed by atoms with Crippen molar-refractivity contribution in [3.8, 4) is 0 Å². The smallest absolute Gasteiger partial charge is 0.298 e. The van der Waals surface area contributed by atoms with E-state index in [1.54, 1.807) is 18.5 Å². The molecule has 4 heteroatoms. The summed E-state index contributed by atoms with van der Waals surface area (Å²) in [4.78, 5) is 13.8. The highest BCUT2D eigenvalue weighted by molar-refractivity contribution is 9.10. The second-order valence-corrected chi connectivity index (χ2v) is 2.94. The van der Waals surface area contributed by atoms with Gasteiger partial charge in [0.15, 0.2) is 0 Å². The van der Waals surface area contributed by atoms with Crippen molar-refractivity contribution in [2.75, 3.05) is 0 Å². The normalized spacial score (nSPS) is 9.08. The molecule has 0 radical (unpaired) electrons. The Balaban J connectivity index is 2.87. The third-order valence-electron chi connectivity index (χ3n) is 1.22. The van der Waals surface area contributed by atoms with E-state index in [9.17, 15) is 4.79 Å². The zero-order valence-corrected chi connectivity index (χ0v) is 7.74. The SMILES string of the molecule is C=C(OC=O)c1cncc(Br)c1. The zero-order valence-electron chi connectivity index (χ0n) is 6.16. The van der Waals surface area contributed by atoms with Gasteiger partial charge in [-0.1, -0.05) is 6.58 Å². The van der Waals surface area contributed by atoms with E-state index < -0.39 is 0 Å². The van der Waals surface area contributed by atoms with Gasteiger partial charge in [-0.25, -0.2) is 0 Å². The first-order valence-electron chi connectivity index (χ1n) is 3.14. The van der Waals surface area contributed by atoms with E-state index in [-0.39, 0.29) is 0 Å². The number of aromatic nitrogens is 1. The molecule has 0 N–H and O–H groups in total. The first kappa shape index (κ1) is 8.93. The maximum absolute atomic E-state index is 9.96. The Morgan fingerprint density at radius 1 is 1.67 bits per heavy atom. The largest absolute Gasteiger partial charge is 0.429 e. The lowest BCUT2D eigenvalue weighted by Gasteiger charge is -2.01. The summed E-state index contributed by atoms with van der Waals surface area (Å²) in [5.41, 5.74) is 0.677. The van der Waals surface area contributed by atoms with Crippen LogP contribution in [0.4, 0.5) is 0 Å². The van der Waals surface area contributed by atoms with Crippen LogP contribution in [-0.4, -0.2) is 11.5 Å². The number of carbonyl (C=O) groups is 1. The van der Waals surface area contributed by atoms with E-state index in [0.29, 0.717) is 17.8 Å².